The van der Waals surface area contributed by atoms with E-state index in [1.54, 1.807) is 0 Å². The van der Waals surface area contributed by atoms with Gasteiger partial charge in [0.15, 0.2) is 5.82 Å². The van der Waals surface area contributed by atoms with Crippen LogP contribution in [0.15, 0.2) is 188 Å². The molecule has 5 heteroatoms. The average molecular weight is 678 g/mol. The second-order valence-corrected chi connectivity index (χ2v) is 13.5. The van der Waals surface area contributed by atoms with Crippen LogP contribution in [0.1, 0.15) is 0 Å². The minimum absolute atomic E-state index is 0.691. The highest BCUT2D eigenvalue weighted by Gasteiger charge is 2.29. The maximum absolute atomic E-state index is 5.33. The molecule has 7 aromatic carbocycles. The molecule has 11 rings (SSSR count). The van der Waals surface area contributed by atoms with Crippen LogP contribution < -0.4 is 4.90 Å². The van der Waals surface area contributed by atoms with Gasteiger partial charge in [0.25, 0.3) is 0 Å². The van der Waals surface area contributed by atoms with Crippen LogP contribution in [0.25, 0.3) is 78.1 Å². The van der Waals surface area contributed by atoms with E-state index in [0.29, 0.717) is 5.82 Å². The van der Waals surface area contributed by atoms with Crippen molar-refractivity contribution in [3.8, 4) is 45.4 Å². The lowest BCUT2D eigenvalue weighted by Gasteiger charge is -2.26. The van der Waals surface area contributed by atoms with Crippen molar-refractivity contribution in [1.29, 1.82) is 0 Å². The molecule has 1 aliphatic rings. The molecule has 0 aliphatic carbocycles. The summed E-state index contributed by atoms with van der Waals surface area (Å²) in [6.45, 7) is 0. The predicted octanol–water partition coefficient (Wildman–Crippen LogP) is 12.3. The molecule has 0 saturated carbocycles. The minimum atomic E-state index is 0.691. The largest absolute Gasteiger partial charge is 0.308 e. The van der Waals surface area contributed by atoms with Crippen molar-refractivity contribution < 1.29 is 0 Å². The molecular formula is C48H31N5. The van der Waals surface area contributed by atoms with Gasteiger partial charge in [0.1, 0.15) is 5.82 Å². The van der Waals surface area contributed by atoms with Crippen LogP contribution in [-0.4, -0.2) is 19.1 Å². The van der Waals surface area contributed by atoms with Gasteiger partial charge in [-0.25, -0.2) is 9.97 Å². The number of hydrogen-bond donors (Lipinski definition) is 0. The lowest BCUT2D eigenvalue weighted by atomic mass is 10.1. The third kappa shape index (κ3) is 4.51. The highest BCUT2D eigenvalue weighted by Crippen LogP contribution is 2.50. The summed E-state index contributed by atoms with van der Waals surface area (Å²) in [5.74, 6) is 1.52. The van der Waals surface area contributed by atoms with Crippen LogP contribution in [0.5, 0.6) is 0 Å². The van der Waals surface area contributed by atoms with E-state index in [1.165, 1.54) is 16.3 Å². The molecule has 248 valence electrons. The fourth-order valence-corrected chi connectivity index (χ4v) is 8.17. The molecule has 0 N–H and O–H groups in total. The summed E-state index contributed by atoms with van der Waals surface area (Å²) in [6.07, 6.45) is 0. The van der Waals surface area contributed by atoms with Gasteiger partial charge in [0.2, 0.25) is 0 Å². The SMILES string of the molecule is c1ccc(-c2cc(-n3c4ccccc4c4ccc5c(cc6n5-c5ccccc5N(c5ccccc5)c5ccccc5-6)c43)nc(-c3ccccc3)n2)cc1. The molecule has 5 nitrogen and oxygen atoms in total. The van der Waals surface area contributed by atoms with Gasteiger partial charge in [-0.1, -0.05) is 133 Å². The second-order valence-electron chi connectivity index (χ2n) is 13.5. The third-order valence-electron chi connectivity index (χ3n) is 10.5. The highest BCUT2D eigenvalue weighted by atomic mass is 15.2. The van der Waals surface area contributed by atoms with Crippen molar-refractivity contribution in [2.45, 2.75) is 0 Å². The summed E-state index contributed by atoms with van der Waals surface area (Å²) in [5, 5.41) is 3.53. The fourth-order valence-electron chi connectivity index (χ4n) is 8.17. The van der Waals surface area contributed by atoms with E-state index < -0.39 is 0 Å². The van der Waals surface area contributed by atoms with Crippen molar-refractivity contribution >= 4 is 49.8 Å². The number of anilines is 3. The average Bonchev–Trinajstić information content (AvgIpc) is 3.75. The summed E-state index contributed by atoms with van der Waals surface area (Å²) < 4.78 is 4.79. The standard InChI is InChI=1S/C48H31N5/c1-4-16-32(17-5-1)39-31-46(50-48(49-39)33-18-6-2-7-19-33)53-40-24-12-10-22-35(40)36-28-29-42-38(47(36)53)30-45-37-23-11-13-25-41(37)51(34-20-8-3-9-21-34)43-26-14-15-27-44(43)52(42)45/h1-31H. The molecule has 0 fully saturated rings. The van der Waals surface area contributed by atoms with E-state index in [2.05, 4.69) is 178 Å². The van der Waals surface area contributed by atoms with Crippen LogP contribution in [0.2, 0.25) is 0 Å². The zero-order valence-corrected chi connectivity index (χ0v) is 28.6. The number of para-hydroxylation sites is 5. The number of benzene rings is 7. The van der Waals surface area contributed by atoms with Gasteiger partial charge in [0.05, 0.1) is 45.0 Å². The van der Waals surface area contributed by atoms with Crippen LogP contribution in [-0.2, 0) is 0 Å². The lowest BCUT2D eigenvalue weighted by molar-refractivity contribution is 1.05. The number of nitrogens with zero attached hydrogens (tertiary/aromatic N) is 5. The zero-order chi connectivity index (χ0) is 34.9. The van der Waals surface area contributed by atoms with E-state index in [-0.39, 0.29) is 0 Å². The smallest absolute Gasteiger partial charge is 0.162 e. The molecule has 0 saturated heterocycles. The van der Waals surface area contributed by atoms with Gasteiger partial charge in [0, 0.05) is 44.6 Å². The monoisotopic (exact) mass is 677 g/mol. The van der Waals surface area contributed by atoms with Gasteiger partial charge in [-0.3, -0.25) is 4.57 Å². The first kappa shape index (κ1) is 29.5. The Kier molecular flexibility index (Phi) is 6.48. The Labute approximate surface area is 306 Å². The summed E-state index contributed by atoms with van der Waals surface area (Å²) in [4.78, 5) is 12.8. The Bertz CT molecular complexity index is 2940. The van der Waals surface area contributed by atoms with Crippen LogP contribution >= 0.6 is 0 Å². The summed E-state index contributed by atoms with van der Waals surface area (Å²) in [7, 11) is 0. The molecular weight excluding hydrogens is 647 g/mol. The fraction of sp³-hybridized carbons (Fsp3) is 0. The number of hydrogen-bond acceptors (Lipinski definition) is 3. The first-order valence-electron chi connectivity index (χ1n) is 17.9. The molecule has 4 heterocycles. The van der Waals surface area contributed by atoms with Crippen molar-refractivity contribution in [3.63, 3.8) is 0 Å². The Morgan fingerprint density at radius 3 is 1.81 bits per heavy atom. The van der Waals surface area contributed by atoms with Crippen LogP contribution in [0.3, 0.4) is 0 Å². The van der Waals surface area contributed by atoms with Crippen LogP contribution in [0, 0.1) is 0 Å². The van der Waals surface area contributed by atoms with Crippen LogP contribution in [0.4, 0.5) is 17.1 Å². The van der Waals surface area contributed by atoms with E-state index in [1.807, 2.05) is 24.3 Å². The summed E-state index contributed by atoms with van der Waals surface area (Å²) >= 11 is 0. The maximum atomic E-state index is 5.33. The van der Waals surface area contributed by atoms with Gasteiger partial charge < -0.3 is 9.47 Å². The molecule has 0 unspecified atom stereocenters. The predicted molar refractivity (Wildman–Crippen MR) is 218 cm³/mol. The molecule has 0 bridgehead atoms. The Morgan fingerprint density at radius 1 is 0.396 bits per heavy atom. The number of rotatable bonds is 4. The normalized spacial score (nSPS) is 12.1. The van der Waals surface area contributed by atoms with E-state index in [9.17, 15) is 0 Å². The first-order valence-corrected chi connectivity index (χ1v) is 17.9. The molecule has 0 amide bonds. The Morgan fingerprint density at radius 2 is 1.02 bits per heavy atom. The number of fused-ring (bicyclic) bond motifs is 11. The molecule has 10 aromatic rings. The van der Waals surface area contributed by atoms with Gasteiger partial charge in [-0.2, -0.15) is 0 Å². The van der Waals surface area contributed by atoms with Crippen molar-refractivity contribution in [1.82, 2.24) is 19.1 Å². The third-order valence-corrected chi connectivity index (χ3v) is 10.5. The highest BCUT2D eigenvalue weighted by molar-refractivity contribution is 6.19. The van der Waals surface area contributed by atoms with Gasteiger partial charge in [-0.15, -0.1) is 0 Å². The summed E-state index contributed by atoms with van der Waals surface area (Å²) in [5.41, 5.74) is 13.1. The molecule has 0 radical (unpaired) electrons. The molecule has 1 aliphatic heterocycles. The van der Waals surface area contributed by atoms with E-state index in [0.717, 1.165) is 73.0 Å². The van der Waals surface area contributed by atoms with E-state index in [4.69, 9.17) is 9.97 Å². The minimum Gasteiger partial charge on any atom is -0.308 e. The molecule has 3 aromatic heterocycles. The van der Waals surface area contributed by atoms with Crippen molar-refractivity contribution in [2.24, 2.45) is 0 Å². The van der Waals surface area contributed by atoms with E-state index >= 15 is 0 Å². The second kappa shape index (κ2) is 11.7. The quantitative estimate of drug-likeness (QED) is 0.186. The zero-order valence-electron chi connectivity index (χ0n) is 28.6. The first-order chi connectivity index (χ1) is 26.3. The molecule has 53 heavy (non-hydrogen) atoms. The maximum Gasteiger partial charge on any atom is 0.162 e. The van der Waals surface area contributed by atoms with Gasteiger partial charge in [-0.05, 0) is 48.5 Å². The Hall–Kier alpha value is -7.24. The van der Waals surface area contributed by atoms with Crippen molar-refractivity contribution in [2.75, 3.05) is 4.90 Å². The number of aromatic nitrogens is 4. The topological polar surface area (TPSA) is 38.9 Å². The summed E-state index contributed by atoms with van der Waals surface area (Å²) in [6, 6.07) is 66.6. The lowest BCUT2D eigenvalue weighted by Crippen LogP contribution is -2.11. The van der Waals surface area contributed by atoms with Crippen molar-refractivity contribution in [3.05, 3.63) is 188 Å². The molecule has 0 atom stereocenters. The molecule has 0 spiro atoms. The Balaban J connectivity index is 1.25. The van der Waals surface area contributed by atoms with Gasteiger partial charge >= 0.3 is 0 Å².